The zero-order valence-electron chi connectivity index (χ0n) is 22.7. The SMILES string of the molecule is CCOc1cc(N2CCOC2=O)ccc1Nc1nc2ccc(-c3ccc(NC(=O)Cc4ccc(F)cc4)cc3)cn2n1. The lowest BCUT2D eigenvalue weighted by molar-refractivity contribution is -0.115. The van der Waals surface area contributed by atoms with E-state index >= 15 is 0 Å². The van der Waals surface area contributed by atoms with Gasteiger partial charge in [0.1, 0.15) is 18.2 Å². The number of pyridine rings is 1. The van der Waals surface area contributed by atoms with E-state index in [1.807, 2.05) is 61.7 Å². The first-order chi connectivity index (χ1) is 20.4. The molecule has 3 aromatic carbocycles. The highest BCUT2D eigenvalue weighted by Crippen LogP contribution is 2.33. The Morgan fingerprint density at radius 1 is 1.02 bits per heavy atom. The van der Waals surface area contributed by atoms with E-state index < -0.39 is 0 Å². The zero-order valence-corrected chi connectivity index (χ0v) is 22.7. The molecule has 0 aliphatic carbocycles. The Balaban J connectivity index is 1.15. The third-order valence-corrected chi connectivity index (χ3v) is 6.69. The quantitative estimate of drug-likeness (QED) is 0.232. The molecule has 0 bridgehead atoms. The molecule has 0 spiro atoms. The molecule has 10 nitrogen and oxygen atoms in total. The van der Waals surface area contributed by atoms with E-state index in [0.29, 0.717) is 54.2 Å². The summed E-state index contributed by atoms with van der Waals surface area (Å²) in [6, 6.07) is 22.6. The van der Waals surface area contributed by atoms with Crippen molar-refractivity contribution in [1.82, 2.24) is 14.6 Å². The molecule has 2 aromatic heterocycles. The van der Waals surface area contributed by atoms with Gasteiger partial charge in [0.15, 0.2) is 5.65 Å². The van der Waals surface area contributed by atoms with Gasteiger partial charge in [-0.15, -0.1) is 5.10 Å². The van der Waals surface area contributed by atoms with E-state index in [1.165, 1.54) is 12.1 Å². The third kappa shape index (κ3) is 5.85. The highest BCUT2D eigenvalue weighted by Gasteiger charge is 2.24. The second kappa shape index (κ2) is 11.6. The van der Waals surface area contributed by atoms with Crippen molar-refractivity contribution in [1.29, 1.82) is 0 Å². The summed E-state index contributed by atoms with van der Waals surface area (Å²) in [5, 5.41) is 10.7. The van der Waals surface area contributed by atoms with Gasteiger partial charge in [-0.2, -0.15) is 4.98 Å². The number of nitrogens with one attached hydrogen (secondary N) is 2. The van der Waals surface area contributed by atoms with Crippen LogP contribution < -0.4 is 20.3 Å². The lowest BCUT2D eigenvalue weighted by atomic mass is 10.1. The minimum Gasteiger partial charge on any atom is -0.492 e. The van der Waals surface area contributed by atoms with Gasteiger partial charge in [-0.05, 0) is 66.6 Å². The fourth-order valence-electron chi connectivity index (χ4n) is 4.65. The molecule has 212 valence electrons. The molecule has 1 saturated heterocycles. The van der Waals surface area contributed by atoms with Gasteiger partial charge in [-0.25, -0.2) is 13.7 Å². The Bertz CT molecular complexity index is 1750. The Hall–Kier alpha value is -5.45. The van der Waals surface area contributed by atoms with Crippen molar-refractivity contribution < 1.29 is 23.5 Å². The molecule has 11 heteroatoms. The molecule has 1 fully saturated rings. The Morgan fingerprint density at radius 3 is 2.55 bits per heavy atom. The van der Waals surface area contributed by atoms with Gasteiger partial charge in [0.25, 0.3) is 0 Å². The standard InChI is InChI=1S/C31H27FN6O4/c1-2-41-27-18-25(37-15-16-42-31(37)40)12-13-26(27)34-30-35-28-14-7-22(19-38(28)36-30)21-5-10-24(11-6-21)33-29(39)17-20-3-8-23(32)9-4-20/h3-14,18-19H,2,15-17H2,1H3,(H,33,39)(H,34,36). The molecular weight excluding hydrogens is 539 g/mol. The number of carbonyl (C=O) groups is 2. The number of nitrogens with zero attached hydrogens (tertiary/aromatic N) is 4. The van der Waals surface area contributed by atoms with Crippen LogP contribution in [0.5, 0.6) is 5.75 Å². The molecule has 0 radical (unpaired) electrons. The van der Waals surface area contributed by atoms with Crippen LogP contribution in [0.25, 0.3) is 16.8 Å². The maximum absolute atomic E-state index is 13.1. The summed E-state index contributed by atoms with van der Waals surface area (Å²) >= 11 is 0. The molecule has 0 atom stereocenters. The molecule has 0 unspecified atom stereocenters. The summed E-state index contributed by atoms with van der Waals surface area (Å²) in [7, 11) is 0. The van der Waals surface area contributed by atoms with Crippen molar-refractivity contribution in [2.75, 3.05) is 35.3 Å². The van der Waals surface area contributed by atoms with E-state index in [1.54, 1.807) is 27.6 Å². The van der Waals surface area contributed by atoms with E-state index in [2.05, 4.69) is 20.7 Å². The summed E-state index contributed by atoms with van der Waals surface area (Å²) in [4.78, 5) is 30.5. The fourth-order valence-corrected chi connectivity index (χ4v) is 4.65. The van der Waals surface area contributed by atoms with Crippen LogP contribution in [0.4, 0.5) is 32.2 Å². The van der Waals surface area contributed by atoms with Gasteiger partial charge >= 0.3 is 6.09 Å². The van der Waals surface area contributed by atoms with Crippen molar-refractivity contribution in [3.8, 4) is 16.9 Å². The average Bonchev–Trinajstić information content (AvgIpc) is 3.60. The van der Waals surface area contributed by atoms with Gasteiger partial charge in [0.2, 0.25) is 11.9 Å². The maximum atomic E-state index is 13.1. The molecule has 3 heterocycles. The number of hydrogen-bond donors (Lipinski definition) is 2. The molecule has 2 amide bonds. The Morgan fingerprint density at radius 2 is 1.81 bits per heavy atom. The Labute approximate surface area is 240 Å². The number of rotatable bonds is 9. The highest BCUT2D eigenvalue weighted by molar-refractivity contribution is 5.92. The van der Waals surface area contributed by atoms with Gasteiger partial charge < -0.3 is 20.1 Å². The summed E-state index contributed by atoms with van der Waals surface area (Å²) in [5.41, 5.74) is 5.27. The number of fused-ring (bicyclic) bond motifs is 1. The number of halogens is 1. The number of benzene rings is 3. The molecule has 5 aromatic rings. The molecule has 2 N–H and O–H groups in total. The van der Waals surface area contributed by atoms with E-state index in [4.69, 9.17) is 9.47 Å². The summed E-state index contributed by atoms with van der Waals surface area (Å²) < 4.78 is 25.7. The number of anilines is 4. The van der Waals surface area contributed by atoms with Gasteiger partial charge in [0, 0.05) is 23.5 Å². The number of hydrogen-bond acceptors (Lipinski definition) is 7. The molecule has 1 aliphatic heterocycles. The molecule has 6 rings (SSSR count). The second-order valence-electron chi connectivity index (χ2n) is 9.59. The highest BCUT2D eigenvalue weighted by atomic mass is 19.1. The Kier molecular flexibility index (Phi) is 7.37. The fraction of sp³-hybridized carbons (Fsp3) is 0.161. The zero-order chi connectivity index (χ0) is 29.1. The lowest BCUT2D eigenvalue weighted by Gasteiger charge is -2.16. The molecule has 0 saturated carbocycles. The molecule has 42 heavy (non-hydrogen) atoms. The maximum Gasteiger partial charge on any atom is 0.414 e. The van der Waals surface area contributed by atoms with Crippen molar-refractivity contribution in [3.63, 3.8) is 0 Å². The largest absolute Gasteiger partial charge is 0.492 e. The normalized spacial score (nSPS) is 12.8. The van der Waals surface area contributed by atoms with Crippen molar-refractivity contribution in [2.24, 2.45) is 0 Å². The summed E-state index contributed by atoms with van der Waals surface area (Å²) in [5.74, 6) is 0.444. The monoisotopic (exact) mass is 566 g/mol. The number of cyclic esters (lactones) is 1. The van der Waals surface area contributed by atoms with E-state index in [0.717, 1.165) is 16.7 Å². The average molecular weight is 567 g/mol. The van der Waals surface area contributed by atoms with Gasteiger partial charge in [0.05, 0.1) is 30.9 Å². The smallest absolute Gasteiger partial charge is 0.414 e. The van der Waals surface area contributed by atoms with Crippen molar-refractivity contribution in [2.45, 2.75) is 13.3 Å². The second-order valence-corrected chi connectivity index (χ2v) is 9.59. The van der Waals surface area contributed by atoms with Crippen LogP contribution >= 0.6 is 0 Å². The first-order valence-corrected chi connectivity index (χ1v) is 13.4. The predicted octanol–water partition coefficient (Wildman–Crippen LogP) is 5.82. The van der Waals surface area contributed by atoms with Gasteiger partial charge in [-0.1, -0.05) is 24.3 Å². The number of aromatic nitrogens is 3. The van der Waals surface area contributed by atoms with Crippen molar-refractivity contribution in [3.05, 3.63) is 96.4 Å². The van der Waals surface area contributed by atoms with Crippen LogP contribution in [-0.2, 0) is 16.0 Å². The third-order valence-electron chi connectivity index (χ3n) is 6.69. The summed E-state index contributed by atoms with van der Waals surface area (Å²) in [6.45, 7) is 3.18. The predicted molar refractivity (Wildman–Crippen MR) is 157 cm³/mol. The van der Waals surface area contributed by atoms with E-state index in [9.17, 15) is 14.0 Å². The van der Waals surface area contributed by atoms with Crippen LogP contribution in [-0.4, -0.2) is 46.4 Å². The van der Waals surface area contributed by atoms with Crippen LogP contribution in [0.2, 0.25) is 0 Å². The van der Waals surface area contributed by atoms with Crippen molar-refractivity contribution >= 4 is 40.7 Å². The minimum absolute atomic E-state index is 0.157. The van der Waals surface area contributed by atoms with Gasteiger partial charge in [-0.3, -0.25) is 9.69 Å². The first-order valence-electron chi connectivity index (χ1n) is 13.4. The number of amides is 2. The lowest BCUT2D eigenvalue weighted by Crippen LogP contribution is -2.23. The van der Waals surface area contributed by atoms with Crippen LogP contribution in [0, 0.1) is 5.82 Å². The molecular formula is C31H27FN6O4. The molecule has 1 aliphatic rings. The van der Waals surface area contributed by atoms with E-state index in [-0.39, 0.29) is 24.2 Å². The minimum atomic E-state index is -0.378. The summed E-state index contributed by atoms with van der Waals surface area (Å²) in [6.07, 6.45) is 1.66. The topological polar surface area (TPSA) is 110 Å². The van der Waals surface area contributed by atoms with Crippen LogP contribution in [0.3, 0.4) is 0 Å². The number of carbonyl (C=O) groups excluding carboxylic acids is 2. The first kappa shape index (κ1) is 26.8. The number of ether oxygens (including phenoxy) is 2. The van der Waals surface area contributed by atoms with Crippen LogP contribution in [0.1, 0.15) is 12.5 Å². The van der Waals surface area contributed by atoms with Crippen LogP contribution in [0.15, 0.2) is 85.1 Å².